The third-order valence-electron chi connectivity index (χ3n) is 3.01. The number of carbonyl (C=O) groups is 1. The predicted molar refractivity (Wildman–Crippen MR) is 41.6 cm³/mol. The van der Waals surface area contributed by atoms with E-state index in [1.807, 2.05) is 0 Å². The predicted octanol–water partition coefficient (Wildman–Crippen LogP) is -0.0326. The summed E-state index contributed by atoms with van der Waals surface area (Å²) in [7, 11) is 0. The minimum absolute atomic E-state index is 0.0809. The van der Waals surface area contributed by atoms with Gasteiger partial charge in [-0.05, 0) is 12.8 Å². The minimum atomic E-state index is -0.803. The number of carboxylic acids is 1. The number of rotatable bonds is 2. The van der Waals surface area contributed by atoms with E-state index in [9.17, 15) is 4.79 Å². The largest absolute Gasteiger partial charge is 0.481 e. The van der Waals surface area contributed by atoms with Crippen molar-refractivity contribution in [3.05, 3.63) is 0 Å². The molecule has 68 valence electrons. The van der Waals surface area contributed by atoms with Crippen LogP contribution in [0.3, 0.4) is 0 Å². The Balaban J connectivity index is 2.00. The van der Waals surface area contributed by atoms with Gasteiger partial charge in [0.1, 0.15) is 0 Å². The number of ether oxygens (including phenoxy) is 1. The molecule has 0 aromatic rings. The lowest BCUT2D eigenvalue weighted by Gasteiger charge is -2.47. The fourth-order valence-corrected chi connectivity index (χ4v) is 2.36. The highest BCUT2D eigenvalue weighted by atomic mass is 16.5. The summed E-state index contributed by atoms with van der Waals surface area (Å²) in [6, 6.07) is 0. The van der Waals surface area contributed by atoms with E-state index < -0.39 is 11.5 Å². The maximum absolute atomic E-state index is 10.5. The number of hydrogen-bond donors (Lipinski definition) is 2. The summed E-state index contributed by atoms with van der Waals surface area (Å²) < 4.78 is 5.36. The lowest BCUT2D eigenvalue weighted by atomic mass is 9.63. The summed E-state index contributed by atoms with van der Waals surface area (Å²) >= 11 is 0. The Hall–Kier alpha value is -0.610. The molecule has 0 aromatic heterocycles. The van der Waals surface area contributed by atoms with Gasteiger partial charge in [-0.15, -0.1) is 0 Å². The van der Waals surface area contributed by atoms with E-state index in [2.05, 4.69) is 0 Å². The van der Waals surface area contributed by atoms with E-state index >= 15 is 0 Å². The summed E-state index contributed by atoms with van der Waals surface area (Å²) in [5, 5.41) is 8.61. The first kappa shape index (κ1) is 8.01. The average Bonchev–Trinajstić information content (AvgIpc) is 2.29. The third-order valence-corrected chi connectivity index (χ3v) is 3.01. The van der Waals surface area contributed by atoms with Crippen molar-refractivity contribution >= 4 is 5.97 Å². The molecule has 0 aromatic carbocycles. The van der Waals surface area contributed by atoms with E-state index in [1.165, 1.54) is 0 Å². The standard InChI is InChI=1S/C8H13NO3/c9-8(4-7(10)11)3-6-5(8)1-2-12-6/h5-6H,1-4,9H2,(H,10,11). The van der Waals surface area contributed by atoms with Gasteiger partial charge < -0.3 is 15.6 Å². The molecule has 2 fully saturated rings. The van der Waals surface area contributed by atoms with Gasteiger partial charge in [0, 0.05) is 18.1 Å². The van der Waals surface area contributed by atoms with Crippen LogP contribution in [0.2, 0.25) is 0 Å². The fraction of sp³-hybridized carbons (Fsp3) is 0.875. The van der Waals surface area contributed by atoms with Crippen LogP contribution in [0.5, 0.6) is 0 Å². The van der Waals surface area contributed by atoms with Gasteiger partial charge in [0.25, 0.3) is 0 Å². The Kier molecular flexibility index (Phi) is 1.63. The summed E-state index contributed by atoms with van der Waals surface area (Å²) in [6.07, 6.45) is 1.96. The van der Waals surface area contributed by atoms with Gasteiger partial charge in [0.05, 0.1) is 12.5 Å². The van der Waals surface area contributed by atoms with Crippen LogP contribution in [0.1, 0.15) is 19.3 Å². The Morgan fingerprint density at radius 2 is 2.50 bits per heavy atom. The third kappa shape index (κ3) is 1.03. The molecular weight excluding hydrogens is 158 g/mol. The van der Waals surface area contributed by atoms with Crippen LogP contribution >= 0.6 is 0 Å². The second-order valence-corrected chi connectivity index (χ2v) is 3.81. The van der Waals surface area contributed by atoms with Gasteiger partial charge >= 0.3 is 5.97 Å². The molecule has 3 N–H and O–H groups in total. The molecule has 1 saturated carbocycles. The van der Waals surface area contributed by atoms with Crippen LogP contribution in [-0.2, 0) is 9.53 Å². The van der Waals surface area contributed by atoms with Crippen LogP contribution in [0, 0.1) is 5.92 Å². The first-order valence-corrected chi connectivity index (χ1v) is 4.24. The highest BCUT2D eigenvalue weighted by molar-refractivity contribution is 5.68. The van der Waals surface area contributed by atoms with Gasteiger partial charge in [-0.2, -0.15) is 0 Å². The van der Waals surface area contributed by atoms with Crippen molar-refractivity contribution in [2.45, 2.75) is 30.9 Å². The van der Waals surface area contributed by atoms with E-state index in [1.54, 1.807) is 0 Å². The van der Waals surface area contributed by atoms with Gasteiger partial charge in [0.15, 0.2) is 0 Å². The van der Waals surface area contributed by atoms with Crippen molar-refractivity contribution < 1.29 is 14.6 Å². The summed E-state index contributed by atoms with van der Waals surface area (Å²) in [5.41, 5.74) is 5.45. The summed E-state index contributed by atoms with van der Waals surface area (Å²) in [4.78, 5) is 10.5. The maximum Gasteiger partial charge on any atom is 0.305 e. The van der Waals surface area contributed by atoms with E-state index in [0.29, 0.717) is 6.42 Å². The van der Waals surface area contributed by atoms with Crippen molar-refractivity contribution in [1.82, 2.24) is 0 Å². The average molecular weight is 171 g/mol. The summed E-state index contributed by atoms with van der Waals surface area (Å²) in [5.74, 6) is -0.517. The monoisotopic (exact) mass is 171 g/mol. The number of carboxylic acid groups (broad SMARTS) is 1. The first-order chi connectivity index (χ1) is 5.62. The molecule has 3 atom stereocenters. The van der Waals surface area contributed by atoms with E-state index in [4.69, 9.17) is 15.6 Å². The first-order valence-electron chi connectivity index (χ1n) is 4.24. The normalized spacial score (nSPS) is 45.1. The van der Waals surface area contributed by atoms with Crippen LogP contribution in [0.15, 0.2) is 0 Å². The molecule has 1 saturated heterocycles. The highest BCUT2D eigenvalue weighted by Gasteiger charge is 2.55. The topological polar surface area (TPSA) is 72.6 Å². The van der Waals surface area contributed by atoms with Gasteiger partial charge in [-0.3, -0.25) is 4.79 Å². The molecule has 0 amide bonds. The second-order valence-electron chi connectivity index (χ2n) is 3.81. The Morgan fingerprint density at radius 3 is 3.08 bits per heavy atom. The van der Waals surface area contributed by atoms with Crippen molar-refractivity contribution in [1.29, 1.82) is 0 Å². The van der Waals surface area contributed by atoms with Crippen LogP contribution in [0.4, 0.5) is 0 Å². The quantitative estimate of drug-likeness (QED) is 0.611. The molecule has 1 heterocycles. The number of fused-ring (bicyclic) bond motifs is 1. The Bertz CT molecular complexity index is 218. The lowest BCUT2D eigenvalue weighted by molar-refractivity contribution is -0.142. The van der Waals surface area contributed by atoms with E-state index in [0.717, 1.165) is 13.0 Å². The maximum atomic E-state index is 10.5. The van der Waals surface area contributed by atoms with Crippen molar-refractivity contribution in [2.24, 2.45) is 11.7 Å². The molecule has 2 aliphatic rings. The molecule has 4 heteroatoms. The molecular formula is C8H13NO3. The molecule has 0 bridgehead atoms. The highest BCUT2D eigenvalue weighted by Crippen LogP contribution is 2.46. The second kappa shape index (κ2) is 2.44. The van der Waals surface area contributed by atoms with Gasteiger partial charge in [-0.1, -0.05) is 0 Å². The van der Waals surface area contributed by atoms with Gasteiger partial charge in [0.2, 0.25) is 0 Å². The molecule has 3 unspecified atom stereocenters. The van der Waals surface area contributed by atoms with Crippen LogP contribution in [0.25, 0.3) is 0 Å². The van der Waals surface area contributed by atoms with Crippen molar-refractivity contribution in [2.75, 3.05) is 6.61 Å². The summed E-state index contributed by atoms with van der Waals surface area (Å²) in [6.45, 7) is 0.744. The zero-order valence-corrected chi connectivity index (χ0v) is 6.82. The van der Waals surface area contributed by atoms with Crippen LogP contribution in [-0.4, -0.2) is 29.3 Å². The Labute approximate surface area is 70.7 Å². The zero-order chi connectivity index (χ0) is 8.77. The molecule has 1 aliphatic heterocycles. The molecule has 0 radical (unpaired) electrons. The van der Waals surface area contributed by atoms with Gasteiger partial charge in [-0.25, -0.2) is 0 Å². The zero-order valence-electron chi connectivity index (χ0n) is 6.82. The fourth-order valence-electron chi connectivity index (χ4n) is 2.36. The van der Waals surface area contributed by atoms with Crippen molar-refractivity contribution in [3.63, 3.8) is 0 Å². The smallest absolute Gasteiger partial charge is 0.305 e. The van der Waals surface area contributed by atoms with Crippen molar-refractivity contribution in [3.8, 4) is 0 Å². The molecule has 2 rings (SSSR count). The number of aliphatic carboxylic acids is 1. The Morgan fingerprint density at radius 1 is 1.75 bits per heavy atom. The lowest BCUT2D eigenvalue weighted by Crippen LogP contribution is -2.62. The number of nitrogens with two attached hydrogens (primary N) is 1. The SMILES string of the molecule is NC1(CC(=O)O)CC2OCCC21. The molecule has 1 aliphatic carbocycles. The minimum Gasteiger partial charge on any atom is -0.481 e. The number of hydrogen-bond acceptors (Lipinski definition) is 3. The van der Waals surface area contributed by atoms with Crippen LogP contribution < -0.4 is 5.73 Å². The molecule has 0 spiro atoms. The van der Waals surface area contributed by atoms with E-state index in [-0.39, 0.29) is 18.4 Å². The molecule has 4 nitrogen and oxygen atoms in total. The molecule has 12 heavy (non-hydrogen) atoms.